The molecule has 4 nitrogen and oxygen atoms in total. The number of carbonyl (C=O) groups is 1. The molecular weight excluding hydrogens is 314 g/mol. The van der Waals surface area contributed by atoms with E-state index in [2.05, 4.69) is 29.2 Å². The molecule has 128 valence electrons. The number of rotatable bonds is 4. The smallest absolute Gasteiger partial charge is 0.337 e. The number of methoxy groups -OCH3 is 1. The number of esters is 1. The van der Waals surface area contributed by atoms with Gasteiger partial charge in [0.05, 0.1) is 12.7 Å². The van der Waals surface area contributed by atoms with E-state index < -0.39 is 0 Å². The van der Waals surface area contributed by atoms with Gasteiger partial charge in [-0.25, -0.2) is 4.79 Å². The quantitative estimate of drug-likeness (QED) is 0.802. The van der Waals surface area contributed by atoms with Crippen molar-refractivity contribution in [2.75, 3.05) is 7.11 Å². The third kappa shape index (κ3) is 3.05. The number of nitrogens with zero attached hydrogens (tertiary/aromatic N) is 1. The molecule has 2 aromatic rings. The summed E-state index contributed by atoms with van der Waals surface area (Å²) in [6, 6.07) is 20.5. The first-order valence-corrected chi connectivity index (χ1v) is 8.56. The van der Waals surface area contributed by atoms with Gasteiger partial charge in [-0.05, 0) is 11.1 Å². The van der Waals surface area contributed by atoms with Crippen LogP contribution < -0.4 is 0 Å². The Hall–Kier alpha value is -2.59. The summed E-state index contributed by atoms with van der Waals surface area (Å²) < 4.78 is 11.3. The van der Waals surface area contributed by atoms with E-state index >= 15 is 0 Å². The second kappa shape index (κ2) is 6.73. The summed E-state index contributed by atoms with van der Waals surface area (Å²) >= 11 is 0. The predicted molar refractivity (Wildman–Crippen MR) is 94.5 cm³/mol. The molecule has 1 fully saturated rings. The van der Waals surface area contributed by atoms with E-state index in [9.17, 15) is 4.79 Å². The average Bonchev–Trinajstić information content (AvgIpc) is 3.05. The van der Waals surface area contributed by atoms with Crippen LogP contribution in [0.2, 0.25) is 0 Å². The van der Waals surface area contributed by atoms with Gasteiger partial charge in [-0.1, -0.05) is 60.7 Å². The van der Waals surface area contributed by atoms with Gasteiger partial charge in [-0.15, -0.1) is 0 Å². The van der Waals surface area contributed by atoms with Crippen LogP contribution in [0.5, 0.6) is 0 Å². The fraction of sp³-hybridized carbons (Fsp3) is 0.286. The first kappa shape index (κ1) is 15.9. The Balaban J connectivity index is 1.65. The summed E-state index contributed by atoms with van der Waals surface area (Å²) in [6.07, 6.45) is 2.52. The summed E-state index contributed by atoms with van der Waals surface area (Å²) in [4.78, 5) is 14.4. The van der Waals surface area contributed by atoms with Crippen LogP contribution in [-0.4, -0.2) is 30.3 Å². The normalized spacial score (nSPS) is 24.8. The second-order valence-electron chi connectivity index (χ2n) is 6.50. The molecule has 0 saturated carbocycles. The summed E-state index contributed by atoms with van der Waals surface area (Å²) in [5.74, 6) is -0.151. The van der Waals surface area contributed by atoms with Crippen molar-refractivity contribution >= 4 is 5.97 Å². The number of fused-ring (bicyclic) bond motifs is 2. The maximum absolute atomic E-state index is 12.3. The maximum atomic E-state index is 12.3. The third-order valence-corrected chi connectivity index (χ3v) is 4.96. The van der Waals surface area contributed by atoms with Crippen molar-refractivity contribution in [2.45, 2.75) is 31.2 Å². The molecule has 2 aliphatic rings. The summed E-state index contributed by atoms with van der Waals surface area (Å²) in [5, 5.41) is 0. The lowest BCUT2D eigenvalue weighted by molar-refractivity contribution is -0.139. The van der Waals surface area contributed by atoms with Crippen molar-refractivity contribution in [3.63, 3.8) is 0 Å². The van der Waals surface area contributed by atoms with E-state index in [-0.39, 0.29) is 24.2 Å². The van der Waals surface area contributed by atoms with E-state index in [1.54, 1.807) is 0 Å². The molecule has 2 bridgehead atoms. The molecule has 2 aliphatic heterocycles. The first-order chi connectivity index (χ1) is 12.3. The van der Waals surface area contributed by atoms with Gasteiger partial charge in [0.2, 0.25) is 0 Å². The van der Waals surface area contributed by atoms with Gasteiger partial charge in [-0.3, -0.25) is 0 Å². The van der Waals surface area contributed by atoms with Crippen LogP contribution >= 0.6 is 0 Å². The molecule has 0 aromatic heterocycles. The molecule has 4 rings (SSSR count). The highest BCUT2D eigenvalue weighted by Gasteiger charge is 2.46. The molecule has 0 unspecified atom stereocenters. The molecule has 0 radical (unpaired) electrons. The van der Waals surface area contributed by atoms with E-state index in [4.69, 9.17) is 9.47 Å². The van der Waals surface area contributed by atoms with Crippen LogP contribution in [0, 0.1) is 0 Å². The summed E-state index contributed by atoms with van der Waals surface area (Å²) in [7, 11) is 1.42. The van der Waals surface area contributed by atoms with Crippen molar-refractivity contribution in [1.29, 1.82) is 0 Å². The van der Waals surface area contributed by atoms with Crippen LogP contribution in [0.15, 0.2) is 72.4 Å². The van der Waals surface area contributed by atoms with Gasteiger partial charge in [0.25, 0.3) is 0 Å². The molecule has 2 heterocycles. The highest BCUT2D eigenvalue weighted by Crippen LogP contribution is 2.43. The Kier molecular flexibility index (Phi) is 4.28. The molecule has 3 atom stereocenters. The second-order valence-corrected chi connectivity index (χ2v) is 6.50. The largest absolute Gasteiger partial charge is 0.466 e. The number of ether oxygens (including phenoxy) is 2. The minimum atomic E-state index is -0.315. The topological polar surface area (TPSA) is 38.8 Å². The lowest BCUT2D eigenvalue weighted by Gasteiger charge is -2.32. The zero-order valence-corrected chi connectivity index (χ0v) is 14.2. The van der Waals surface area contributed by atoms with Crippen LogP contribution in [0.3, 0.4) is 0 Å². The molecule has 0 amide bonds. The van der Waals surface area contributed by atoms with Crippen LogP contribution in [0.25, 0.3) is 0 Å². The minimum absolute atomic E-state index is 0.0242. The van der Waals surface area contributed by atoms with Crippen LogP contribution in [0.1, 0.15) is 23.5 Å². The molecule has 25 heavy (non-hydrogen) atoms. The molecule has 0 aliphatic carbocycles. The summed E-state index contributed by atoms with van der Waals surface area (Å²) in [5.41, 5.74) is 2.99. The lowest BCUT2D eigenvalue weighted by Crippen LogP contribution is -2.37. The Labute approximate surface area is 147 Å². The van der Waals surface area contributed by atoms with Gasteiger partial charge >= 0.3 is 5.97 Å². The lowest BCUT2D eigenvalue weighted by atomic mass is 9.89. The van der Waals surface area contributed by atoms with E-state index in [1.807, 2.05) is 42.6 Å². The Bertz CT molecular complexity index is 772. The number of benzene rings is 2. The highest BCUT2D eigenvalue weighted by atomic mass is 16.5. The molecule has 1 saturated heterocycles. The molecule has 4 heteroatoms. The molecule has 0 N–H and O–H groups in total. The predicted octanol–water partition coefficient (Wildman–Crippen LogP) is 3.46. The maximum Gasteiger partial charge on any atom is 0.337 e. The fourth-order valence-corrected chi connectivity index (χ4v) is 3.74. The van der Waals surface area contributed by atoms with E-state index in [0.717, 1.165) is 6.42 Å². The van der Waals surface area contributed by atoms with Crippen LogP contribution in [-0.2, 0) is 20.8 Å². The highest BCUT2D eigenvalue weighted by molar-refractivity contribution is 5.90. The molecular formula is C21H21NO3. The van der Waals surface area contributed by atoms with Crippen molar-refractivity contribution in [3.05, 3.63) is 83.6 Å². The minimum Gasteiger partial charge on any atom is -0.466 e. The monoisotopic (exact) mass is 335 g/mol. The number of hydrogen-bond donors (Lipinski definition) is 0. The van der Waals surface area contributed by atoms with Gasteiger partial charge in [0.15, 0.2) is 0 Å². The Morgan fingerprint density at radius 2 is 1.80 bits per heavy atom. The standard InChI is InChI=1S/C21H21NO3/c1-24-21(23)18-14-22(13-15-8-4-2-5-9-15)19-12-17(20(18)25-19)16-10-6-3-7-11-16/h2-11,14,17,19-20H,12-13H2,1H3/t17-,19-,20+/m1/s1. The van der Waals surface area contributed by atoms with Crippen molar-refractivity contribution in [3.8, 4) is 0 Å². The zero-order valence-electron chi connectivity index (χ0n) is 14.2. The van der Waals surface area contributed by atoms with Crippen LogP contribution in [0.4, 0.5) is 0 Å². The SMILES string of the molecule is COC(=O)C1=CN(Cc2ccccc2)[C@H]2C[C@H](c3ccccc3)[C@@H]1O2. The Morgan fingerprint density at radius 3 is 2.48 bits per heavy atom. The van der Waals surface area contributed by atoms with Gasteiger partial charge in [0, 0.05) is 25.1 Å². The number of hydrogen-bond acceptors (Lipinski definition) is 4. The Morgan fingerprint density at radius 1 is 1.12 bits per heavy atom. The van der Waals surface area contributed by atoms with Gasteiger partial charge in [-0.2, -0.15) is 0 Å². The zero-order chi connectivity index (χ0) is 17.2. The third-order valence-electron chi connectivity index (χ3n) is 4.96. The van der Waals surface area contributed by atoms with Crippen molar-refractivity contribution < 1.29 is 14.3 Å². The average molecular weight is 335 g/mol. The first-order valence-electron chi connectivity index (χ1n) is 8.56. The van der Waals surface area contributed by atoms with Gasteiger partial charge in [0.1, 0.15) is 12.3 Å². The number of carbonyl (C=O) groups excluding carboxylic acids is 1. The fourth-order valence-electron chi connectivity index (χ4n) is 3.74. The van der Waals surface area contributed by atoms with Crippen molar-refractivity contribution in [1.82, 2.24) is 4.90 Å². The van der Waals surface area contributed by atoms with E-state index in [0.29, 0.717) is 12.1 Å². The molecule has 0 spiro atoms. The van der Waals surface area contributed by atoms with E-state index in [1.165, 1.54) is 18.2 Å². The summed E-state index contributed by atoms with van der Waals surface area (Å²) in [6.45, 7) is 0.709. The van der Waals surface area contributed by atoms with Gasteiger partial charge < -0.3 is 14.4 Å². The van der Waals surface area contributed by atoms with Crippen molar-refractivity contribution in [2.24, 2.45) is 0 Å². The molecule has 2 aromatic carbocycles.